The molecule has 4 rings (SSSR count). The molecular formula is C23H25N5O2. The second-order valence-electron chi connectivity index (χ2n) is 7.56. The van der Waals surface area contributed by atoms with Crippen LogP contribution >= 0.6 is 0 Å². The molecule has 0 radical (unpaired) electrons. The number of aromatic amines is 1. The Kier molecular flexibility index (Phi) is 5.35. The number of nitrogens with zero attached hydrogens (tertiary/aromatic N) is 4. The molecule has 1 saturated heterocycles. The molecule has 3 heterocycles. The van der Waals surface area contributed by atoms with Crippen molar-refractivity contribution in [2.45, 2.75) is 20.8 Å². The number of amides is 1. The molecule has 7 heteroatoms. The second-order valence-corrected chi connectivity index (χ2v) is 7.56. The van der Waals surface area contributed by atoms with Gasteiger partial charge in [0.25, 0.3) is 5.91 Å². The number of H-pyrrole nitrogens is 1. The lowest BCUT2D eigenvalue weighted by atomic mass is 10.1. The maximum Gasteiger partial charge on any atom is 0.270 e. The van der Waals surface area contributed by atoms with E-state index < -0.39 is 0 Å². The van der Waals surface area contributed by atoms with E-state index in [1.807, 2.05) is 55.1 Å². The number of hydrogen-bond donors (Lipinski definition) is 1. The van der Waals surface area contributed by atoms with Crippen molar-refractivity contribution in [2.75, 3.05) is 31.1 Å². The summed E-state index contributed by atoms with van der Waals surface area (Å²) < 4.78 is 0. The normalized spacial score (nSPS) is 14.1. The molecule has 2 aromatic heterocycles. The number of carbonyl (C=O) groups is 2. The molecule has 0 saturated carbocycles. The van der Waals surface area contributed by atoms with Crippen molar-refractivity contribution in [1.82, 2.24) is 19.9 Å². The molecule has 0 atom stereocenters. The molecule has 3 aromatic rings. The van der Waals surface area contributed by atoms with Crippen molar-refractivity contribution in [3.05, 3.63) is 65.1 Å². The van der Waals surface area contributed by atoms with Crippen LogP contribution in [0.3, 0.4) is 0 Å². The first-order valence-electron chi connectivity index (χ1n) is 10.1. The van der Waals surface area contributed by atoms with Crippen LogP contribution in [0.5, 0.6) is 0 Å². The third kappa shape index (κ3) is 3.70. The highest BCUT2D eigenvalue weighted by molar-refractivity contribution is 6.02. The fourth-order valence-corrected chi connectivity index (χ4v) is 4.04. The first-order chi connectivity index (χ1) is 14.5. The molecule has 0 spiro atoms. The van der Waals surface area contributed by atoms with Gasteiger partial charge in [-0.05, 0) is 32.4 Å². The fourth-order valence-electron chi connectivity index (χ4n) is 4.04. The van der Waals surface area contributed by atoms with E-state index in [0.29, 0.717) is 43.3 Å². The first-order valence-corrected chi connectivity index (χ1v) is 10.1. The Labute approximate surface area is 175 Å². The van der Waals surface area contributed by atoms with E-state index in [2.05, 4.69) is 14.9 Å². The van der Waals surface area contributed by atoms with E-state index in [0.717, 1.165) is 22.6 Å². The molecule has 1 N–H and O–H groups in total. The van der Waals surface area contributed by atoms with Gasteiger partial charge in [-0.1, -0.05) is 30.3 Å². The number of piperazine rings is 1. The van der Waals surface area contributed by atoms with Gasteiger partial charge in [0.2, 0.25) is 0 Å². The third-order valence-electron chi connectivity index (χ3n) is 5.57. The zero-order valence-corrected chi connectivity index (χ0v) is 17.5. The number of aromatic nitrogens is 3. The number of ketones is 1. The van der Waals surface area contributed by atoms with Crippen molar-refractivity contribution in [2.24, 2.45) is 0 Å². The van der Waals surface area contributed by atoms with Gasteiger partial charge in [-0.3, -0.25) is 9.59 Å². The van der Waals surface area contributed by atoms with Gasteiger partial charge in [-0.15, -0.1) is 0 Å². The van der Waals surface area contributed by atoms with Crippen molar-refractivity contribution in [1.29, 1.82) is 0 Å². The Morgan fingerprint density at radius 1 is 1.00 bits per heavy atom. The van der Waals surface area contributed by atoms with Crippen LogP contribution in [0.1, 0.15) is 39.0 Å². The maximum atomic E-state index is 13.0. The number of aryl methyl sites for hydroxylation is 1. The Morgan fingerprint density at radius 3 is 2.33 bits per heavy atom. The maximum absolute atomic E-state index is 13.0. The Balaban J connectivity index is 1.46. The number of hydrogen-bond acceptors (Lipinski definition) is 5. The third-order valence-corrected chi connectivity index (χ3v) is 5.57. The molecular weight excluding hydrogens is 378 g/mol. The predicted octanol–water partition coefficient (Wildman–Crippen LogP) is 3.25. The zero-order chi connectivity index (χ0) is 21.3. The lowest BCUT2D eigenvalue weighted by Gasteiger charge is -2.35. The topological polar surface area (TPSA) is 82.2 Å². The van der Waals surface area contributed by atoms with E-state index in [9.17, 15) is 9.59 Å². The molecule has 1 aliphatic rings. The largest absolute Gasteiger partial charge is 0.354 e. The highest BCUT2D eigenvalue weighted by Gasteiger charge is 2.27. The summed E-state index contributed by atoms with van der Waals surface area (Å²) in [6.45, 7) is 7.76. The summed E-state index contributed by atoms with van der Waals surface area (Å²) in [5, 5.41) is 0. The summed E-state index contributed by atoms with van der Waals surface area (Å²) in [6.07, 6.45) is 1.77. The molecule has 0 unspecified atom stereocenters. The molecule has 30 heavy (non-hydrogen) atoms. The molecule has 1 amide bonds. The predicted molar refractivity (Wildman–Crippen MR) is 116 cm³/mol. The van der Waals surface area contributed by atoms with Gasteiger partial charge in [-0.25, -0.2) is 9.97 Å². The Morgan fingerprint density at radius 2 is 1.70 bits per heavy atom. The van der Waals surface area contributed by atoms with Gasteiger partial charge in [0.1, 0.15) is 11.5 Å². The quantitative estimate of drug-likeness (QED) is 0.676. The molecule has 7 nitrogen and oxygen atoms in total. The minimum atomic E-state index is -0.0598. The van der Waals surface area contributed by atoms with Crippen molar-refractivity contribution in [3.63, 3.8) is 0 Å². The number of carbonyl (C=O) groups excluding carboxylic acids is 2. The smallest absolute Gasteiger partial charge is 0.270 e. The summed E-state index contributed by atoms with van der Waals surface area (Å²) in [5.41, 5.74) is 3.59. The molecule has 1 aromatic carbocycles. The minimum absolute atomic E-state index is 0.0249. The van der Waals surface area contributed by atoms with Crippen LogP contribution in [0, 0.1) is 13.8 Å². The standard InChI is InChI=1S/C23H25N5O2/c1-15-20(17(3)29)16(2)25-21(15)23(30)28-13-11-27(12-14-28)19-9-10-24-22(26-19)18-7-5-4-6-8-18/h4-10,25H,11-14H2,1-3H3. The summed E-state index contributed by atoms with van der Waals surface area (Å²) in [4.78, 5) is 41.1. The van der Waals surface area contributed by atoms with Crippen LogP contribution in [0.2, 0.25) is 0 Å². The lowest BCUT2D eigenvalue weighted by molar-refractivity contribution is 0.0740. The van der Waals surface area contributed by atoms with E-state index in [4.69, 9.17) is 4.98 Å². The number of rotatable bonds is 4. The average Bonchev–Trinajstić information content (AvgIpc) is 3.08. The highest BCUT2D eigenvalue weighted by Crippen LogP contribution is 2.22. The second kappa shape index (κ2) is 8.10. The number of benzene rings is 1. The van der Waals surface area contributed by atoms with Crippen LogP contribution in [0.4, 0.5) is 5.82 Å². The van der Waals surface area contributed by atoms with Crippen LogP contribution in [-0.2, 0) is 0 Å². The van der Waals surface area contributed by atoms with Gasteiger partial charge in [-0.2, -0.15) is 0 Å². The monoisotopic (exact) mass is 403 g/mol. The molecule has 1 aliphatic heterocycles. The van der Waals surface area contributed by atoms with Gasteiger partial charge >= 0.3 is 0 Å². The van der Waals surface area contributed by atoms with Gasteiger partial charge in [0.15, 0.2) is 11.6 Å². The van der Waals surface area contributed by atoms with Crippen molar-refractivity contribution < 1.29 is 9.59 Å². The Bertz CT molecular complexity index is 1080. The van der Waals surface area contributed by atoms with Crippen LogP contribution < -0.4 is 4.90 Å². The minimum Gasteiger partial charge on any atom is -0.354 e. The number of anilines is 1. The first kappa shape index (κ1) is 19.8. The summed E-state index contributed by atoms with van der Waals surface area (Å²) in [6, 6.07) is 11.8. The van der Waals surface area contributed by atoms with Crippen LogP contribution in [0.25, 0.3) is 11.4 Å². The summed E-state index contributed by atoms with van der Waals surface area (Å²) in [7, 11) is 0. The Hall–Kier alpha value is -3.48. The van der Waals surface area contributed by atoms with E-state index in [1.165, 1.54) is 6.92 Å². The molecule has 154 valence electrons. The van der Waals surface area contributed by atoms with Crippen molar-refractivity contribution in [3.8, 4) is 11.4 Å². The van der Waals surface area contributed by atoms with Gasteiger partial charge in [0.05, 0.1) is 0 Å². The molecule has 0 bridgehead atoms. The summed E-state index contributed by atoms with van der Waals surface area (Å²) in [5.74, 6) is 1.47. The average molecular weight is 403 g/mol. The highest BCUT2D eigenvalue weighted by atomic mass is 16.2. The lowest BCUT2D eigenvalue weighted by Crippen LogP contribution is -2.49. The van der Waals surface area contributed by atoms with Gasteiger partial charge in [0, 0.05) is 49.2 Å². The van der Waals surface area contributed by atoms with E-state index in [1.54, 1.807) is 6.20 Å². The number of Topliss-reactive ketones (excluding diaryl/α,β-unsaturated/α-hetero) is 1. The van der Waals surface area contributed by atoms with Crippen molar-refractivity contribution >= 4 is 17.5 Å². The molecule has 0 aliphatic carbocycles. The van der Waals surface area contributed by atoms with Gasteiger partial charge < -0.3 is 14.8 Å². The SMILES string of the molecule is CC(=O)c1c(C)[nH]c(C(=O)N2CCN(c3ccnc(-c4ccccc4)n3)CC2)c1C. The zero-order valence-electron chi connectivity index (χ0n) is 17.5. The van der Waals surface area contributed by atoms with E-state index in [-0.39, 0.29) is 11.7 Å². The fraction of sp³-hybridized carbons (Fsp3) is 0.304. The molecule has 1 fully saturated rings. The van der Waals surface area contributed by atoms with E-state index >= 15 is 0 Å². The van der Waals surface area contributed by atoms with Crippen LogP contribution in [-0.4, -0.2) is 57.7 Å². The number of nitrogens with one attached hydrogen (secondary N) is 1. The van der Waals surface area contributed by atoms with Crippen LogP contribution in [0.15, 0.2) is 42.6 Å². The summed E-state index contributed by atoms with van der Waals surface area (Å²) >= 11 is 0.